The Morgan fingerprint density at radius 2 is 1.75 bits per heavy atom. The van der Waals surface area contributed by atoms with Gasteiger partial charge in [-0.15, -0.1) is 0 Å². The Hall–Kier alpha value is -4.53. The summed E-state index contributed by atoms with van der Waals surface area (Å²) in [5.74, 6) is 1.11. The molecular formula is C31H31FN4O4. The number of carbonyl (C=O) groups is 1. The molecule has 0 saturated carbocycles. The Labute approximate surface area is 231 Å². The number of rotatable bonds is 5. The van der Waals surface area contributed by atoms with E-state index in [1.165, 1.54) is 12.1 Å². The summed E-state index contributed by atoms with van der Waals surface area (Å²) >= 11 is 0. The van der Waals surface area contributed by atoms with E-state index in [-0.39, 0.29) is 23.8 Å². The molecule has 206 valence electrons. The Morgan fingerprint density at radius 1 is 1.00 bits per heavy atom. The van der Waals surface area contributed by atoms with Crippen LogP contribution in [-0.4, -0.2) is 53.5 Å². The van der Waals surface area contributed by atoms with Crippen molar-refractivity contribution >= 4 is 11.6 Å². The van der Waals surface area contributed by atoms with Gasteiger partial charge in [0.1, 0.15) is 12.4 Å². The van der Waals surface area contributed by atoms with Crippen LogP contribution in [0.4, 0.5) is 10.1 Å². The van der Waals surface area contributed by atoms with Crippen LogP contribution in [0.1, 0.15) is 22.3 Å². The minimum atomic E-state index is -0.273. The average Bonchev–Trinajstić information content (AvgIpc) is 3.22. The fourth-order valence-corrected chi connectivity index (χ4v) is 5.62. The van der Waals surface area contributed by atoms with Gasteiger partial charge in [0.25, 0.3) is 5.56 Å². The van der Waals surface area contributed by atoms with Crippen LogP contribution < -0.4 is 19.9 Å². The molecule has 6 rings (SSSR count). The molecule has 3 aromatic carbocycles. The van der Waals surface area contributed by atoms with E-state index in [9.17, 15) is 14.0 Å². The van der Waals surface area contributed by atoms with Crippen LogP contribution in [0.5, 0.6) is 17.4 Å². The van der Waals surface area contributed by atoms with Gasteiger partial charge in [0.05, 0.1) is 18.4 Å². The minimum absolute atomic E-state index is 0.0566. The predicted octanol–water partition coefficient (Wildman–Crippen LogP) is 4.45. The number of halogens is 1. The number of aryl methyl sites for hydroxylation is 2. The Bertz CT molecular complexity index is 1650. The number of anilines is 1. The zero-order valence-electron chi connectivity index (χ0n) is 22.8. The number of para-hydroxylation sites is 1. The first kappa shape index (κ1) is 25.7. The number of benzene rings is 3. The maximum absolute atomic E-state index is 13.9. The van der Waals surface area contributed by atoms with Crippen molar-refractivity contribution in [2.24, 2.45) is 0 Å². The van der Waals surface area contributed by atoms with Gasteiger partial charge in [0.15, 0.2) is 11.5 Å². The van der Waals surface area contributed by atoms with Crippen molar-refractivity contribution in [3.8, 4) is 23.1 Å². The first-order valence-corrected chi connectivity index (χ1v) is 13.4. The van der Waals surface area contributed by atoms with Crippen molar-refractivity contribution in [1.29, 1.82) is 0 Å². The van der Waals surface area contributed by atoms with Gasteiger partial charge in [0.2, 0.25) is 11.8 Å². The van der Waals surface area contributed by atoms with Gasteiger partial charge in [-0.1, -0.05) is 29.8 Å². The van der Waals surface area contributed by atoms with Crippen LogP contribution in [0.2, 0.25) is 0 Å². The van der Waals surface area contributed by atoms with E-state index in [4.69, 9.17) is 9.47 Å². The molecule has 0 unspecified atom stereocenters. The fourth-order valence-electron chi connectivity index (χ4n) is 5.62. The third kappa shape index (κ3) is 4.51. The zero-order chi connectivity index (χ0) is 28.0. The third-order valence-electron chi connectivity index (χ3n) is 7.72. The molecular weight excluding hydrogens is 511 g/mol. The van der Waals surface area contributed by atoms with E-state index in [0.29, 0.717) is 61.2 Å². The molecule has 0 N–H and O–H groups in total. The summed E-state index contributed by atoms with van der Waals surface area (Å²) in [6.45, 7) is 6.21. The molecule has 0 atom stereocenters. The standard InChI is InChI=1S/C31H31FN4O4/c1-20-7-12-26(21(2)17-20)36-30(38)25-18-22-5-4-6-27(39-3)29(22)40-31(25)35(36)19-28(37)34-15-13-33(14-16-34)24-10-8-23(32)9-11-24/h4-12,17H,13-16,18-19H2,1-3H3. The van der Waals surface area contributed by atoms with Gasteiger partial charge in [0, 0.05) is 43.9 Å². The predicted molar refractivity (Wildman–Crippen MR) is 151 cm³/mol. The molecule has 0 bridgehead atoms. The third-order valence-corrected chi connectivity index (χ3v) is 7.72. The van der Waals surface area contributed by atoms with Crippen LogP contribution in [0.3, 0.4) is 0 Å². The van der Waals surface area contributed by atoms with Gasteiger partial charge < -0.3 is 19.3 Å². The largest absolute Gasteiger partial charge is 0.493 e. The molecule has 1 amide bonds. The molecule has 0 spiro atoms. The number of nitrogens with zero attached hydrogens (tertiary/aromatic N) is 4. The molecule has 8 nitrogen and oxygen atoms in total. The maximum Gasteiger partial charge on any atom is 0.278 e. The van der Waals surface area contributed by atoms with E-state index >= 15 is 0 Å². The molecule has 3 heterocycles. The molecule has 0 radical (unpaired) electrons. The SMILES string of the molecule is COc1cccc2c1Oc1c(c(=O)n(-c3ccc(C)cc3C)n1CC(=O)N1CCN(c3ccc(F)cc3)CC1)C2. The molecule has 2 aliphatic rings. The highest BCUT2D eigenvalue weighted by molar-refractivity contribution is 5.77. The summed E-state index contributed by atoms with van der Waals surface area (Å²) in [6, 6.07) is 17.9. The van der Waals surface area contributed by atoms with E-state index in [1.54, 1.807) is 33.5 Å². The maximum atomic E-state index is 13.9. The number of carbonyl (C=O) groups excluding carboxylic acids is 1. The summed E-state index contributed by atoms with van der Waals surface area (Å²) in [4.78, 5) is 31.5. The Balaban J connectivity index is 1.33. The average molecular weight is 543 g/mol. The van der Waals surface area contributed by atoms with E-state index in [2.05, 4.69) is 4.90 Å². The quantitative estimate of drug-likeness (QED) is 0.328. The fraction of sp³-hybridized carbons (Fsp3) is 0.290. The topological polar surface area (TPSA) is 68.9 Å². The lowest BCUT2D eigenvalue weighted by atomic mass is 10.0. The molecule has 1 aromatic heterocycles. The van der Waals surface area contributed by atoms with Crippen LogP contribution >= 0.6 is 0 Å². The second kappa shape index (κ2) is 10.2. The van der Waals surface area contributed by atoms with Crippen molar-refractivity contribution in [2.75, 3.05) is 38.2 Å². The summed E-state index contributed by atoms with van der Waals surface area (Å²) in [5.41, 5.74) is 4.81. The number of fused-ring (bicyclic) bond motifs is 2. The lowest BCUT2D eigenvalue weighted by molar-refractivity contribution is -0.132. The normalized spacial score (nSPS) is 14.4. The molecule has 9 heteroatoms. The molecule has 2 aliphatic heterocycles. The number of piperazine rings is 1. The van der Waals surface area contributed by atoms with Crippen LogP contribution in [-0.2, 0) is 17.8 Å². The lowest BCUT2D eigenvalue weighted by Gasteiger charge is -2.36. The second-order valence-corrected chi connectivity index (χ2v) is 10.3. The smallest absolute Gasteiger partial charge is 0.278 e. The molecule has 0 aliphatic carbocycles. The number of ether oxygens (including phenoxy) is 2. The second-order valence-electron chi connectivity index (χ2n) is 10.3. The summed E-state index contributed by atoms with van der Waals surface area (Å²) in [6.07, 6.45) is 0.378. The molecule has 1 saturated heterocycles. The Kier molecular flexibility index (Phi) is 6.57. The minimum Gasteiger partial charge on any atom is -0.493 e. The summed E-state index contributed by atoms with van der Waals surface area (Å²) < 4.78 is 28.5. The highest BCUT2D eigenvalue weighted by Crippen LogP contribution is 2.42. The summed E-state index contributed by atoms with van der Waals surface area (Å²) in [7, 11) is 1.58. The first-order chi connectivity index (χ1) is 19.3. The number of aromatic nitrogens is 2. The van der Waals surface area contributed by atoms with Crippen LogP contribution in [0.25, 0.3) is 5.69 Å². The van der Waals surface area contributed by atoms with Crippen molar-refractivity contribution in [1.82, 2.24) is 14.3 Å². The van der Waals surface area contributed by atoms with E-state index in [0.717, 1.165) is 22.4 Å². The number of methoxy groups -OCH3 is 1. The van der Waals surface area contributed by atoms with Gasteiger partial charge in [-0.3, -0.25) is 9.59 Å². The highest BCUT2D eigenvalue weighted by atomic mass is 19.1. The van der Waals surface area contributed by atoms with Gasteiger partial charge in [-0.2, -0.15) is 0 Å². The van der Waals surface area contributed by atoms with Gasteiger partial charge in [-0.05, 0) is 55.8 Å². The van der Waals surface area contributed by atoms with Gasteiger partial charge in [-0.25, -0.2) is 13.8 Å². The van der Waals surface area contributed by atoms with E-state index < -0.39 is 0 Å². The van der Waals surface area contributed by atoms with Crippen molar-refractivity contribution < 1.29 is 18.7 Å². The number of hydrogen-bond donors (Lipinski definition) is 0. The lowest BCUT2D eigenvalue weighted by Crippen LogP contribution is -2.50. The summed E-state index contributed by atoms with van der Waals surface area (Å²) in [5, 5.41) is 0. The number of hydrogen-bond acceptors (Lipinski definition) is 5. The number of amides is 1. The van der Waals surface area contributed by atoms with Crippen LogP contribution in [0, 0.1) is 19.7 Å². The van der Waals surface area contributed by atoms with Crippen molar-refractivity contribution in [2.45, 2.75) is 26.8 Å². The van der Waals surface area contributed by atoms with Crippen molar-refractivity contribution in [3.05, 3.63) is 99.1 Å². The van der Waals surface area contributed by atoms with Gasteiger partial charge >= 0.3 is 0 Å². The van der Waals surface area contributed by atoms with Crippen molar-refractivity contribution in [3.63, 3.8) is 0 Å². The molecule has 40 heavy (non-hydrogen) atoms. The highest BCUT2D eigenvalue weighted by Gasteiger charge is 2.32. The zero-order valence-corrected chi connectivity index (χ0v) is 22.8. The first-order valence-electron chi connectivity index (χ1n) is 13.4. The van der Waals surface area contributed by atoms with E-state index in [1.807, 2.05) is 50.2 Å². The Morgan fingerprint density at radius 3 is 2.45 bits per heavy atom. The molecule has 4 aromatic rings. The monoisotopic (exact) mass is 542 g/mol. The van der Waals surface area contributed by atoms with Crippen LogP contribution in [0.15, 0.2) is 65.5 Å². The molecule has 1 fully saturated rings.